The molecule has 2 N–H and O–H groups in total. The van der Waals surface area contributed by atoms with Gasteiger partial charge in [0.05, 0.1) is 6.54 Å². The zero-order valence-electron chi connectivity index (χ0n) is 16.7. The van der Waals surface area contributed by atoms with Crippen LogP contribution < -0.4 is 10.0 Å². The van der Waals surface area contributed by atoms with Crippen molar-refractivity contribution >= 4 is 27.7 Å². The molecule has 0 fully saturated rings. The molecule has 3 aromatic carbocycles. The van der Waals surface area contributed by atoms with E-state index in [9.17, 15) is 13.2 Å². The van der Waals surface area contributed by atoms with Gasteiger partial charge in [-0.05, 0) is 42.2 Å². The molecule has 3 rings (SSSR count). The molecule has 0 aliphatic heterocycles. The highest BCUT2D eigenvalue weighted by Gasteiger charge is 2.11. The van der Waals surface area contributed by atoms with Crippen LogP contribution in [0.15, 0.2) is 84.3 Å². The fourth-order valence-electron chi connectivity index (χ4n) is 2.87. The maximum absolute atomic E-state index is 12.3. The SMILES string of the molecule is Cc1ccc(C=CS(=O)(=O)NCC(=O)Nc2ccccc2Cc2ccccc2)cc1. The van der Waals surface area contributed by atoms with E-state index in [2.05, 4.69) is 10.0 Å². The lowest BCUT2D eigenvalue weighted by atomic mass is 10.0. The molecule has 30 heavy (non-hydrogen) atoms. The Labute approximate surface area is 177 Å². The largest absolute Gasteiger partial charge is 0.325 e. The fraction of sp³-hybridized carbons (Fsp3) is 0.125. The number of carbonyl (C=O) groups excluding carboxylic acids is 1. The van der Waals surface area contributed by atoms with E-state index >= 15 is 0 Å². The van der Waals surface area contributed by atoms with Crippen LogP contribution in [-0.2, 0) is 21.2 Å². The van der Waals surface area contributed by atoms with Gasteiger partial charge in [-0.3, -0.25) is 4.79 Å². The minimum atomic E-state index is -3.73. The molecule has 0 unspecified atom stereocenters. The molecule has 0 spiro atoms. The van der Waals surface area contributed by atoms with E-state index in [0.29, 0.717) is 12.1 Å². The number of para-hydroxylation sites is 1. The Morgan fingerprint density at radius 1 is 0.900 bits per heavy atom. The second-order valence-corrected chi connectivity index (χ2v) is 8.60. The summed E-state index contributed by atoms with van der Waals surface area (Å²) >= 11 is 0. The van der Waals surface area contributed by atoms with Crippen LogP contribution in [0.1, 0.15) is 22.3 Å². The van der Waals surface area contributed by atoms with E-state index in [1.807, 2.05) is 85.8 Å². The Morgan fingerprint density at radius 2 is 1.57 bits per heavy atom. The van der Waals surface area contributed by atoms with Gasteiger partial charge in [0, 0.05) is 11.1 Å². The van der Waals surface area contributed by atoms with Gasteiger partial charge >= 0.3 is 0 Å². The van der Waals surface area contributed by atoms with Gasteiger partial charge in [0.15, 0.2) is 0 Å². The first-order valence-electron chi connectivity index (χ1n) is 9.57. The third-order valence-corrected chi connectivity index (χ3v) is 5.52. The van der Waals surface area contributed by atoms with Gasteiger partial charge in [-0.15, -0.1) is 0 Å². The summed E-state index contributed by atoms with van der Waals surface area (Å²) in [4.78, 5) is 12.3. The lowest BCUT2D eigenvalue weighted by molar-refractivity contribution is -0.115. The molecule has 0 bridgehead atoms. The minimum Gasteiger partial charge on any atom is -0.325 e. The second-order valence-electron chi connectivity index (χ2n) is 6.95. The zero-order chi connectivity index (χ0) is 21.4. The monoisotopic (exact) mass is 420 g/mol. The molecule has 154 valence electrons. The van der Waals surface area contributed by atoms with Crippen molar-refractivity contribution in [2.45, 2.75) is 13.3 Å². The molecule has 0 heterocycles. The summed E-state index contributed by atoms with van der Waals surface area (Å²) in [7, 11) is -3.73. The predicted molar refractivity (Wildman–Crippen MR) is 121 cm³/mol. The number of hydrogen-bond acceptors (Lipinski definition) is 3. The Balaban J connectivity index is 1.58. The molecular formula is C24H24N2O3S. The number of benzene rings is 3. The summed E-state index contributed by atoms with van der Waals surface area (Å²) in [6.07, 6.45) is 2.16. The number of sulfonamides is 1. The molecule has 0 aromatic heterocycles. The molecule has 1 amide bonds. The van der Waals surface area contributed by atoms with Crippen molar-refractivity contribution in [3.63, 3.8) is 0 Å². The average Bonchev–Trinajstić information content (AvgIpc) is 2.74. The third-order valence-electron chi connectivity index (χ3n) is 4.48. The molecular weight excluding hydrogens is 396 g/mol. The first-order valence-corrected chi connectivity index (χ1v) is 11.1. The molecule has 0 saturated carbocycles. The number of nitrogens with one attached hydrogen (secondary N) is 2. The first-order chi connectivity index (χ1) is 14.4. The van der Waals surface area contributed by atoms with Crippen LogP contribution in [-0.4, -0.2) is 20.9 Å². The molecule has 0 aliphatic carbocycles. The van der Waals surface area contributed by atoms with Gasteiger partial charge in [0.25, 0.3) is 0 Å². The number of carbonyl (C=O) groups is 1. The predicted octanol–water partition coefficient (Wildman–Crippen LogP) is 4.11. The van der Waals surface area contributed by atoms with Crippen molar-refractivity contribution in [1.82, 2.24) is 4.72 Å². The molecule has 0 aliphatic rings. The van der Waals surface area contributed by atoms with Gasteiger partial charge in [-0.25, -0.2) is 13.1 Å². The maximum atomic E-state index is 12.3. The van der Waals surface area contributed by atoms with Crippen molar-refractivity contribution < 1.29 is 13.2 Å². The summed E-state index contributed by atoms with van der Waals surface area (Å²) in [5.41, 5.74) is 4.61. The van der Waals surface area contributed by atoms with Gasteiger partial charge in [-0.1, -0.05) is 78.4 Å². The zero-order valence-corrected chi connectivity index (χ0v) is 17.5. The molecule has 0 saturated heterocycles. The summed E-state index contributed by atoms with van der Waals surface area (Å²) in [6.45, 7) is 1.61. The lowest BCUT2D eigenvalue weighted by Crippen LogP contribution is -2.31. The summed E-state index contributed by atoms with van der Waals surface area (Å²) < 4.78 is 26.6. The average molecular weight is 421 g/mol. The lowest BCUT2D eigenvalue weighted by Gasteiger charge is -2.11. The Hall–Kier alpha value is -3.22. The van der Waals surface area contributed by atoms with Crippen molar-refractivity contribution in [2.75, 3.05) is 11.9 Å². The van der Waals surface area contributed by atoms with E-state index in [1.54, 1.807) is 0 Å². The van der Waals surface area contributed by atoms with Gasteiger partial charge in [0.2, 0.25) is 15.9 Å². The number of hydrogen-bond donors (Lipinski definition) is 2. The molecule has 5 nitrogen and oxygen atoms in total. The van der Waals surface area contributed by atoms with Crippen LogP contribution in [0.2, 0.25) is 0 Å². The van der Waals surface area contributed by atoms with E-state index in [0.717, 1.165) is 27.7 Å². The quantitative estimate of drug-likeness (QED) is 0.576. The Morgan fingerprint density at radius 3 is 2.30 bits per heavy atom. The van der Waals surface area contributed by atoms with Gasteiger partial charge < -0.3 is 5.32 Å². The summed E-state index contributed by atoms with van der Waals surface area (Å²) in [5, 5.41) is 3.86. The normalized spacial score (nSPS) is 11.5. The van der Waals surface area contributed by atoms with Crippen molar-refractivity contribution in [3.8, 4) is 0 Å². The molecule has 3 aromatic rings. The number of aryl methyl sites for hydroxylation is 1. The van der Waals surface area contributed by atoms with Crippen LogP contribution in [0, 0.1) is 6.92 Å². The first kappa shape index (κ1) is 21.5. The smallest absolute Gasteiger partial charge is 0.239 e. The van der Waals surface area contributed by atoms with E-state index < -0.39 is 15.9 Å². The third kappa shape index (κ3) is 6.69. The van der Waals surface area contributed by atoms with Crippen molar-refractivity contribution in [2.24, 2.45) is 0 Å². The van der Waals surface area contributed by atoms with Crippen LogP contribution >= 0.6 is 0 Å². The topological polar surface area (TPSA) is 75.3 Å². The van der Waals surface area contributed by atoms with Gasteiger partial charge in [-0.2, -0.15) is 0 Å². The number of amides is 1. The molecule has 0 atom stereocenters. The van der Waals surface area contributed by atoms with Crippen molar-refractivity contribution in [1.29, 1.82) is 0 Å². The highest BCUT2D eigenvalue weighted by atomic mass is 32.2. The summed E-state index contributed by atoms with van der Waals surface area (Å²) in [5.74, 6) is -0.428. The Bertz CT molecular complexity index is 1120. The van der Waals surface area contributed by atoms with Crippen LogP contribution in [0.3, 0.4) is 0 Å². The maximum Gasteiger partial charge on any atom is 0.239 e. The second kappa shape index (κ2) is 10.0. The fourth-order valence-corrected chi connectivity index (χ4v) is 3.63. The van der Waals surface area contributed by atoms with E-state index in [1.165, 1.54) is 6.08 Å². The minimum absolute atomic E-state index is 0.347. The summed E-state index contributed by atoms with van der Waals surface area (Å²) in [6, 6.07) is 24.9. The van der Waals surface area contributed by atoms with E-state index in [4.69, 9.17) is 0 Å². The number of anilines is 1. The molecule has 0 radical (unpaired) electrons. The van der Waals surface area contributed by atoms with Crippen LogP contribution in [0.4, 0.5) is 5.69 Å². The highest BCUT2D eigenvalue weighted by molar-refractivity contribution is 7.92. The van der Waals surface area contributed by atoms with Gasteiger partial charge in [0.1, 0.15) is 0 Å². The van der Waals surface area contributed by atoms with Crippen molar-refractivity contribution in [3.05, 3.63) is 107 Å². The molecule has 6 heteroatoms. The highest BCUT2D eigenvalue weighted by Crippen LogP contribution is 2.19. The van der Waals surface area contributed by atoms with Crippen LogP contribution in [0.25, 0.3) is 6.08 Å². The standard InChI is InChI=1S/C24H24N2O3S/c1-19-11-13-20(14-12-19)15-16-30(28,29)25-18-24(27)26-23-10-6-5-9-22(23)17-21-7-3-2-4-8-21/h2-16,25H,17-18H2,1H3,(H,26,27). The number of rotatable bonds is 8. The van der Waals surface area contributed by atoms with E-state index in [-0.39, 0.29) is 6.54 Å². The van der Waals surface area contributed by atoms with Crippen LogP contribution in [0.5, 0.6) is 0 Å². The Kier molecular flexibility index (Phi) is 7.17.